The molecule has 0 unspecified atom stereocenters. The topological polar surface area (TPSA) is 40.2 Å². The minimum atomic E-state index is -2.82. The highest BCUT2D eigenvalue weighted by Gasteiger charge is 2.37. The van der Waals surface area contributed by atoms with Crippen LogP contribution in [0.5, 0.6) is 0 Å². The zero-order valence-electron chi connectivity index (χ0n) is 20.6. The van der Waals surface area contributed by atoms with Gasteiger partial charge < -0.3 is 18.9 Å². The zero-order chi connectivity index (χ0) is 23.1. The largest absolute Gasteiger partial charge is 0.376 e. The molecule has 1 saturated carbocycles. The van der Waals surface area contributed by atoms with Gasteiger partial charge in [-0.2, -0.15) is 0 Å². The highest BCUT2D eigenvalue weighted by atomic mass is 19.3. The fourth-order valence-electron chi connectivity index (χ4n) is 3.98. The smallest absolute Gasteiger partial charge is 0.283 e. The predicted molar refractivity (Wildman–Crippen MR) is 119 cm³/mol. The fourth-order valence-corrected chi connectivity index (χ4v) is 3.98. The Bertz CT molecular complexity index is 505. The maximum atomic E-state index is 14.3. The van der Waals surface area contributed by atoms with Crippen LogP contribution in [0.1, 0.15) is 80.1 Å². The van der Waals surface area contributed by atoms with Crippen LogP contribution in [0.4, 0.5) is 8.78 Å². The van der Waals surface area contributed by atoms with Crippen molar-refractivity contribution in [2.24, 2.45) is 0 Å². The number of unbranched alkanes of at least 4 members (excludes halogenated alkanes) is 1. The van der Waals surface area contributed by atoms with Crippen LogP contribution in [0.2, 0.25) is 0 Å². The molecular formula is C24H45F2NO4. The molecule has 2 aliphatic rings. The molecule has 0 radical (unpaired) electrons. The number of piperidine rings is 1. The summed E-state index contributed by atoms with van der Waals surface area (Å²) in [7, 11) is 0. The van der Waals surface area contributed by atoms with Gasteiger partial charge in [-0.05, 0) is 80.1 Å². The quantitative estimate of drug-likeness (QED) is 0.390. The summed E-state index contributed by atoms with van der Waals surface area (Å²) >= 11 is 0. The van der Waals surface area contributed by atoms with Gasteiger partial charge in [-0.1, -0.05) is 0 Å². The highest BCUT2D eigenvalue weighted by molar-refractivity contribution is 4.86. The Labute approximate surface area is 188 Å². The summed E-state index contributed by atoms with van der Waals surface area (Å²) in [6.07, 6.45) is 5.78. The van der Waals surface area contributed by atoms with E-state index in [1.807, 2.05) is 25.7 Å². The van der Waals surface area contributed by atoms with Gasteiger partial charge in [0.2, 0.25) is 0 Å². The van der Waals surface area contributed by atoms with E-state index >= 15 is 0 Å². The van der Waals surface area contributed by atoms with Crippen molar-refractivity contribution in [3.05, 3.63) is 0 Å². The van der Waals surface area contributed by atoms with Gasteiger partial charge in [-0.15, -0.1) is 0 Å². The summed E-state index contributed by atoms with van der Waals surface area (Å²) < 4.78 is 51.5. The van der Waals surface area contributed by atoms with E-state index in [0.29, 0.717) is 26.3 Å². The zero-order valence-corrected chi connectivity index (χ0v) is 20.6. The molecule has 1 saturated heterocycles. The molecule has 2 fully saturated rings. The monoisotopic (exact) mass is 449 g/mol. The molecule has 1 aliphatic carbocycles. The molecule has 0 N–H and O–H groups in total. The predicted octanol–water partition coefficient (Wildman–Crippen LogP) is 5.06. The second kappa shape index (κ2) is 11.7. The minimum Gasteiger partial charge on any atom is -0.376 e. The van der Waals surface area contributed by atoms with Gasteiger partial charge >= 0.3 is 0 Å². The third-order valence-electron chi connectivity index (χ3n) is 5.48. The van der Waals surface area contributed by atoms with Crippen molar-refractivity contribution in [3.8, 4) is 0 Å². The fraction of sp³-hybridized carbons (Fsp3) is 1.00. The standard InChI is InChI=1S/C24H45F2NO4/c1-22(2,3)29-14-8-7-13-28-18-24(25,26)17-27-11-9-19(10-12-27)30-20-15-21(16-20)31-23(4,5)6/h19-21H,7-18H2,1-6H3. The second-order valence-corrected chi connectivity index (χ2v) is 11.1. The van der Waals surface area contributed by atoms with Crippen LogP contribution in [0.15, 0.2) is 0 Å². The third-order valence-corrected chi connectivity index (χ3v) is 5.48. The molecule has 0 aromatic carbocycles. The Morgan fingerprint density at radius 3 is 2.00 bits per heavy atom. The SMILES string of the molecule is CC(C)(C)OCCCCOCC(F)(F)CN1CCC(OC2CC(OC(C)(C)C)C2)CC1. The van der Waals surface area contributed by atoms with Crippen molar-refractivity contribution in [2.45, 2.75) is 116 Å². The van der Waals surface area contributed by atoms with Gasteiger partial charge in [0, 0.05) is 26.3 Å². The van der Waals surface area contributed by atoms with E-state index in [1.54, 1.807) is 0 Å². The lowest BCUT2D eigenvalue weighted by Crippen LogP contribution is -2.47. The molecule has 5 nitrogen and oxygen atoms in total. The van der Waals surface area contributed by atoms with Crippen LogP contribution in [-0.2, 0) is 18.9 Å². The maximum absolute atomic E-state index is 14.3. The van der Waals surface area contributed by atoms with Gasteiger partial charge in [0.1, 0.15) is 6.61 Å². The normalized spacial score (nSPS) is 24.4. The molecule has 0 atom stereocenters. The molecule has 0 aromatic heterocycles. The number of nitrogens with zero attached hydrogens (tertiary/aromatic N) is 1. The molecule has 7 heteroatoms. The Hall–Kier alpha value is -0.340. The first-order valence-electron chi connectivity index (χ1n) is 12.0. The highest BCUT2D eigenvalue weighted by Crippen LogP contribution is 2.32. The molecule has 0 aromatic rings. The van der Waals surface area contributed by atoms with Crippen LogP contribution in [-0.4, -0.2) is 79.8 Å². The van der Waals surface area contributed by atoms with E-state index in [2.05, 4.69) is 20.8 Å². The maximum Gasteiger partial charge on any atom is 0.283 e. The Morgan fingerprint density at radius 1 is 0.806 bits per heavy atom. The summed E-state index contributed by atoms with van der Waals surface area (Å²) in [5.74, 6) is -2.82. The molecule has 1 aliphatic heterocycles. The number of alkyl halides is 2. The summed E-state index contributed by atoms with van der Waals surface area (Å²) in [6, 6.07) is 0. The van der Waals surface area contributed by atoms with Crippen LogP contribution in [0.3, 0.4) is 0 Å². The molecule has 31 heavy (non-hydrogen) atoms. The van der Waals surface area contributed by atoms with E-state index in [4.69, 9.17) is 18.9 Å². The molecule has 184 valence electrons. The summed E-state index contributed by atoms with van der Waals surface area (Å²) in [6.45, 7) is 13.8. The van der Waals surface area contributed by atoms with Gasteiger partial charge in [0.05, 0.1) is 36.1 Å². The lowest BCUT2D eigenvalue weighted by atomic mass is 9.90. The molecule has 1 heterocycles. The van der Waals surface area contributed by atoms with Crippen molar-refractivity contribution in [2.75, 3.05) is 39.5 Å². The van der Waals surface area contributed by atoms with Crippen LogP contribution >= 0.6 is 0 Å². The molecule has 0 amide bonds. The van der Waals surface area contributed by atoms with Gasteiger partial charge in [-0.3, -0.25) is 4.90 Å². The van der Waals surface area contributed by atoms with Crippen molar-refractivity contribution in [3.63, 3.8) is 0 Å². The first-order valence-corrected chi connectivity index (χ1v) is 12.0. The van der Waals surface area contributed by atoms with E-state index in [0.717, 1.165) is 38.5 Å². The van der Waals surface area contributed by atoms with Crippen molar-refractivity contribution >= 4 is 0 Å². The van der Waals surface area contributed by atoms with Crippen LogP contribution < -0.4 is 0 Å². The minimum absolute atomic E-state index is 0.114. The first-order chi connectivity index (χ1) is 14.3. The average Bonchev–Trinajstić information content (AvgIpc) is 2.58. The van der Waals surface area contributed by atoms with E-state index in [1.165, 1.54) is 0 Å². The van der Waals surface area contributed by atoms with Crippen LogP contribution in [0, 0.1) is 0 Å². The summed E-state index contributed by atoms with van der Waals surface area (Å²) in [5, 5.41) is 0. The lowest BCUT2D eigenvalue weighted by Gasteiger charge is -2.42. The number of halogens is 2. The van der Waals surface area contributed by atoms with Gasteiger partial charge in [0.15, 0.2) is 0 Å². The van der Waals surface area contributed by atoms with Crippen molar-refractivity contribution in [1.29, 1.82) is 0 Å². The summed E-state index contributed by atoms with van der Waals surface area (Å²) in [5.41, 5.74) is -0.274. The van der Waals surface area contributed by atoms with E-state index < -0.39 is 12.5 Å². The van der Waals surface area contributed by atoms with E-state index in [-0.39, 0.29) is 36.1 Å². The number of hydrogen-bond acceptors (Lipinski definition) is 5. The molecule has 0 bridgehead atoms. The second-order valence-electron chi connectivity index (χ2n) is 11.1. The van der Waals surface area contributed by atoms with Gasteiger partial charge in [-0.25, -0.2) is 8.78 Å². The average molecular weight is 450 g/mol. The van der Waals surface area contributed by atoms with Crippen molar-refractivity contribution in [1.82, 2.24) is 4.90 Å². The van der Waals surface area contributed by atoms with Crippen molar-refractivity contribution < 1.29 is 27.7 Å². The number of ether oxygens (including phenoxy) is 4. The lowest BCUT2D eigenvalue weighted by molar-refractivity contribution is -0.169. The Kier molecular flexibility index (Phi) is 10.1. The van der Waals surface area contributed by atoms with E-state index in [9.17, 15) is 8.78 Å². The molecular weight excluding hydrogens is 404 g/mol. The number of rotatable bonds is 12. The first kappa shape index (κ1) is 26.9. The molecule has 2 rings (SSSR count). The third kappa shape index (κ3) is 11.9. The number of hydrogen-bond donors (Lipinski definition) is 0. The van der Waals surface area contributed by atoms with Crippen LogP contribution in [0.25, 0.3) is 0 Å². The number of likely N-dealkylation sites (tertiary alicyclic amines) is 1. The van der Waals surface area contributed by atoms with Gasteiger partial charge in [0.25, 0.3) is 5.92 Å². The summed E-state index contributed by atoms with van der Waals surface area (Å²) in [4.78, 5) is 1.84. The molecule has 0 spiro atoms. The Morgan fingerprint density at radius 2 is 1.42 bits per heavy atom. The Balaban J connectivity index is 1.51.